The summed E-state index contributed by atoms with van der Waals surface area (Å²) < 4.78 is 5.01. The molecular weight excluding hydrogens is 278 g/mol. The number of carbonyl (C=O) groups excluding carboxylic acids is 1. The number of benzene rings is 2. The quantitative estimate of drug-likeness (QED) is 0.850. The molecule has 0 aromatic heterocycles. The predicted octanol–water partition coefficient (Wildman–Crippen LogP) is 3.26. The third-order valence-electron chi connectivity index (χ3n) is 2.65. The Kier molecular flexibility index (Phi) is 4.98. The standard InChI is InChI=1S/C15H14ClNO3/c16-13-8-6-12(7-9-13)14(18)17-15(19)20-10-11-4-2-1-3-5-11/h1-9,14,18H,10H2,(H,17,19). The van der Waals surface area contributed by atoms with Crippen molar-refractivity contribution in [3.05, 3.63) is 70.7 Å². The van der Waals surface area contributed by atoms with E-state index in [1.54, 1.807) is 24.3 Å². The van der Waals surface area contributed by atoms with Gasteiger partial charge in [-0.15, -0.1) is 0 Å². The SMILES string of the molecule is O=C(NC(O)c1ccc(Cl)cc1)OCc1ccccc1. The summed E-state index contributed by atoms with van der Waals surface area (Å²) in [5, 5.41) is 12.7. The van der Waals surface area contributed by atoms with Crippen LogP contribution in [0.25, 0.3) is 0 Å². The van der Waals surface area contributed by atoms with Gasteiger partial charge in [-0.3, -0.25) is 5.32 Å². The first-order chi connectivity index (χ1) is 9.65. The van der Waals surface area contributed by atoms with E-state index in [0.717, 1.165) is 5.56 Å². The highest BCUT2D eigenvalue weighted by atomic mass is 35.5. The largest absolute Gasteiger partial charge is 0.445 e. The number of carbonyl (C=O) groups is 1. The van der Waals surface area contributed by atoms with Crippen molar-refractivity contribution in [1.29, 1.82) is 0 Å². The monoisotopic (exact) mass is 291 g/mol. The lowest BCUT2D eigenvalue weighted by atomic mass is 10.2. The molecule has 0 heterocycles. The summed E-state index contributed by atoms with van der Waals surface area (Å²) in [6.45, 7) is 0.153. The fraction of sp³-hybridized carbons (Fsp3) is 0.133. The van der Waals surface area contributed by atoms with Gasteiger partial charge < -0.3 is 9.84 Å². The van der Waals surface area contributed by atoms with E-state index >= 15 is 0 Å². The van der Waals surface area contributed by atoms with Crippen LogP contribution < -0.4 is 5.32 Å². The van der Waals surface area contributed by atoms with Gasteiger partial charge >= 0.3 is 6.09 Å². The molecule has 2 aromatic carbocycles. The zero-order valence-electron chi connectivity index (χ0n) is 10.6. The number of aliphatic hydroxyl groups is 1. The normalized spacial score (nSPS) is 11.7. The van der Waals surface area contributed by atoms with Crippen LogP contribution in [0.2, 0.25) is 5.02 Å². The number of aliphatic hydroxyl groups excluding tert-OH is 1. The fourth-order valence-electron chi connectivity index (χ4n) is 1.60. The number of ether oxygens (including phenoxy) is 1. The Morgan fingerprint density at radius 2 is 1.80 bits per heavy atom. The number of halogens is 1. The molecule has 0 aliphatic rings. The molecule has 0 saturated carbocycles. The van der Waals surface area contributed by atoms with Gasteiger partial charge in [0.15, 0.2) is 6.23 Å². The van der Waals surface area contributed by atoms with Crippen LogP contribution in [0.5, 0.6) is 0 Å². The van der Waals surface area contributed by atoms with E-state index in [0.29, 0.717) is 10.6 Å². The highest BCUT2D eigenvalue weighted by molar-refractivity contribution is 6.30. The Labute approximate surface area is 122 Å². The molecule has 2 rings (SSSR count). The molecule has 0 fully saturated rings. The average Bonchev–Trinajstić information content (AvgIpc) is 2.47. The van der Waals surface area contributed by atoms with E-state index in [9.17, 15) is 9.90 Å². The Hall–Kier alpha value is -2.04. The first-order valence-electron chi connectivity index (χ1n) is 6.06. The van der Waals surface area contributed by atoms with Crippen LogP contribution in [0.15, 0.2) is 54.6 Å². The topological polar surface area (TPSA) is 58.6 Å². The Morgan fingerprint density at radius 3 is 2.45 bits per heavy atom. The van der Waals surface area contributed by atoms with Crippen molar-refractivity contribution in [3.63, 3.8) is 0 Å². The number of hydrogen-bond donors (Lipinski definition) is 2. The summed E-state index contributed by atoms with van der Waals surface area (Å²) in [4.78, 5) is 11.5. The molecule has 1 unspecified atom stereocenters. The number of nitrogens with one attached hydrogen (secondary N) is 1. The summed E-state index contributed by atoms with van der Waals surface area (Å²) in [5.41, 5.74) is 1.41. The lowest BCUT2D eigenvalue weighted by molar-refractivity contribution is 0.0948. The van der Waals surface area contributed by atoms with Gasteiger partial charge in [-0.2, -0.15) is 0 Å². The van der Waals surface area contributed by atoms with E-state index in [-0.39, 0.29) is 6.61 Å². The molecule has 1 amide bonds. The smallest absolute Gasteiger partial charge is 0.409 e. The van der Waals surface area contributed by atoms with E-state index in [2.05, 4.69) is 5.32 Å². The second kappa shape index (κ2) is 6.93. The molecule has 0 spiro atoms. The van der Waals surface area contributed by atoms with Crippen molar-refractivity contribution >= 4 is 17.7 Å². The molecule has 20 heavy (non-hydrogen) atoms. The van der Waals surface area contributed by atoms with Gasteiger partial charge in [-0.25, -0.2) is 4.79 Å². The zero-order chi connectivity index (χ0) is 14.4. The van der Waals surface area contributed by atoms with Crippen molar-refractivity contribution in [2.75, 3.05) is 0 Å². The van der Waals surface area contributed by atoms with Crippen LogP contribution in [0.4, 0.5) is 4.79 Å². The van der Waals surface area contributed by atoms with Gasteiger partial charge in [0, 0.05) is 10.6 Å². The Balaban J connectivity index is 1.83. The molecule has 0 aliphatic carbocycles. The average molecular weight is 292 g/mol. The molecule has 1 atom stereocenters. The second-order valence-electron chi connectivity index (χ2n) is 4.16. The molecule has 0 radical (unpaired) electrons. The summed E-state index contributed by atoms with van der Waals surface area (Å²) >= 11 is 5.75. The third-order valence-corrected chi connectivity index (χ3v) is 2.91. The van der Waals surface area contributed by atoms with Crippen molar-refractivity contribution in [3.8, 4) is 0 Å². The molecule has 2 aromatic rings. The van der Waals surface area contributed by atoms with Crippen LogP contribution in [-0.2, 0) is 11.3 Å². The highest BCUT2D eigenvalue weighted by Gasteiger charge is 2.11. The third kappa shape index (κ3) is 4.26. The minimum atomic E-state index is -1.13. The van der Waals surface area contributed by atoms with Crippen LogP contribution >= 0.6 is 11.6 Å². The lowest BCUT2D eigenvalue weighted by Crippen LogP contribution is -2.28. The zero-order valence-corrected chi connectivity index (χ0v) is 11.4. The van der Waals surface area contributed by atoms with E-state index in [1.165, 1.54) is 0 Å². The van der Waals surface area contributed by atoms with Gasteiger partial charge in [0.25, 0.3) is 0 Å². The van der Waals surface area contributed by atoms with Crippen LogP contribution in [0.3, 0.4) is 0 Å². The van der Waals surface area contributed by atoms with Crippen molar-refractivity contribution in [2.45, 2.75) is 12.8 Å². The van der Waals surface area contributed by atoms with Crippen molar-refractivity contribution < 1.29 is 14.6 Å². The number of rotatable bonds is 4. The second-order valence-corrected chi connectivity index (χ2v) is 4.60. The van der Waals surface area contributed by atoms with E-state index in [4.69, 9.17) is 16.3 Å². The molecule has 0 bridgehead atoms. The first-order valence-corrected chi connectivity index (χ1v) is 6.44. The maximum atomic E-state index is 11.5. The highest BCUT2D eigenvalue weighted by Crippen LogP contribution is 2.14. The lowest BCUT2D eigenvalue weighted by Gasteiger charge is -2.13. The Bertz CT molecular complexity index is 557. The van der Waals surface area contributed by atoms with Gasteiger partial charge in [0.2, 0.25) is 0 Å². The van der Waals surface area contributed by atoms with Gasteiger partial charge in [0.1, 0.15) is 6.61 Å². The summed E-state index contributed by atoms with van der Waals surface area (Å²) in [6.07, 6.45) is -1.81. The summed E-state index contributed by atoms with van der Waals surface area (Å²) in [7, 11) is 0. The van der Waals surface area contributed by atoms with Gasteiger partial charge in [-0.05, 0) is 17.7 Å². The molecule has 104 valence electrons. The van der Waals surface area contributed by atoms with Crippen LogP contribution in [-0.4, -0.2) is 11.2 Å². The fourth-order valence-corrected chi connectivity index (χ4v) is 1.73. The first kappa shape index (κ1) is 14.4. The predicted molar refractivity (Wildman–Crippen MR) is 76.2 cm³/mol. The summed E-state index contributed by atoms with van der Waals surface area (Å²) in [5.74, 6) is 0. The maximum absolute atomic E-state index is 11.5. The molecule has 0 saturated heterocycles. The maximum Gasteiger partial charge on any atom is 0.409 e. The Morgan fingerprint density at radius 1 is 1.15 bits per heavy atom. The number of alkyl carbamates (subject to hydrolysis) is 1. The van der Waals surface area contributed by atoms with E-state index < -0.39 is 12.3 Å². The molecular formula is C15H14ClNO3. The van der Waals surface area contributed by atoms with Crippen LogP contribution in [0, 0.1) is 0 Å². The van der Waals surface area contributed by atoms with E-state index in [1.807, 2.05) is 30.3 Å². The minimum Gasteiger partial charge on any atom is -0.445 e. The molecule has 4 nitrogen and oxygen atoms in total. The van der Waals surface area contributed by atoms with Gasteiger partial charge in [0.05, 0.1) is 0 Å². The molecule has 2 N–H and O–H groups in total. The number of amides is 1. The van der Waals surface area contributed by atoms with Crippen molar-refractivity contribution in [1.82, 2.24) is 5.32 Å². The van der Waals surface area contributed by atoms with Gasteiger partial charge in [-0.1, -0.05) is 54.1 Å². The minimum absolute atomic E-state index is 0.153. The molecule has 5 heteroatoms. The number of hydrogen-bond acceptors (Lipinski definition) is 3. The van der Waals surface area contributed by atoms with Crippen LogP contribution in [0.1, 0.15) is 17.4 Å². The molecule has 0 aliphatic heterocycles. The van der Waals surface area contributed by atoms with Crippen molar-refractivity contribution in [2.24, 2.45) is 0 Å². The summed E-state index contributed by atoms with van der Waals surface area (Å²) in [6, 6.07) is 15.8.